The molecule has 4 aliphatic rings. The Bertz CT molecular complexity index is 2440. The normalized spacial score (nSPS) is 16.5. The van der Waals surface area contributed by atoms with Gasteiger partial charge >= 0.3 is 0 Å². The number of thiazole rings is 2. The Kier molecular flexibility index (Phi) is 9.19. The van der Waals surface area contributed by atoms with Crippen molar-refractivity contribution in [2.45, 2.75) is 75.4 Å². The second-order valence-electron chi connectivity index (χ2n) is 14.2. The van der Waals surface area contributed by atoms with E-state index in [-0.39, 0.29) is 11.1 Å². The Morgan fingerprint density at radius 1 is 0.589 bits per heavy atom. The van der Waals surface area contributed by atoms with E-state index in [4.69, 9.17) is 28.9 Å². The summed E-state index contributed by atoms with van der Waals surface area (Å²) in [6.45, 7) is 0. The van der Waals surface area contributed by atoms with Crippen molar-refractivity contribution in [3.05, 3.63) is 56.3 Å². The smallest absolute Gasteiger partial charge is 0.234 e. The van der Waals surface area contributed by atoms with Crippen LogP contribution in [0.2, 0.25) is 0 Å². The van der Waals surface area contributed by atoms with E-state index in [9.17, 15) is 21.0 Å². The number of aromatic nitrogens is 2. The molecule has 1 aromatic carbocycles. The molecule has 278 valence electrons. The van der Waals surface area contributed by atoms with E-state index in [0.717, 1.165) is 115 Å². The minimum atomic E-state index is -0.536. The summed E-state index contributed by atoms with van der Waals surface area (Å²) in [6.07, 6.45) is 13.2. The first-order chi connectivity index (χ1) is 27.3. The lowest BCUT2D eigenvalue weighted by molar-refractivity contribution is 0.0163. The van der Waals surface area contributed by atoms with E-state index in [2.05, 4.69) is 12.1 Å². The zero-order chi connectivity index (χ0) is 38.6. The summed E-state index contributed by atoms with van der Waals surface area (Å²) in [7, 11) is 3.23. The molecular weight excluding hydrogens is 781 g/mol. The van der Waals surface area contributed by atoms with Gasteiger partial charge in [-0.25, -0.2) is 9.97 Å². The third-order valence-corrected chi connectivity index (χ3v) is 15.6. The Labute approximate surface area is 339 Å². The number of thiophene rings is 2. The molecular formula is C42H32N6O4S4. The fourth-order valence-corrected chi connectivity index (χ4v) is 12.8. The van der Waals surface area contributed by atoms with Gasteiger partial charge in [-0.15, -0.1) is 45.3 Å². The van der Waals surface area contributed by atoms with Gasteiger partial charge in [-0.2, -0.15) is 21.0 Å². The van der Waals surface area contributed by atoms with Crippen LogP contribution in [0.15, 0.2) is 35.4 Å². The van der Waals surface area contributed by atoms with Crippen molar-refractivity contribution in [2.24, 2.45) is 0 Å². The minimum Gasteiger partial charge on any atom is -0.495 e. The number of nitriles is 4. The number of hydrogen-bond acceptors (Lipinski definition) is 14. The molecule has 0 amide bonds. The average Bonchev–Trinajstić information content (AvgIpc) is 4.04. The van der Waals surface area contributed by atoms with Crippen molar-refractivity contribution in [1.29, 1.82) is 21.0 Å². The molecule has 0 saturated heterocycles. The number of ether oxygens (including phenoxy) is 4. The third kappa shape index (κ3) is 5.88. The first-order valence-corrected chi connectivity index (χ1v) is 21.6. The maximum absolute atomic E-state index is 9.38. The third-order valence-electron chi connectivity index (χ3n) is 11.0. The zero-order valence-corrected chi connectivity index (χ0v) is 33.8. The number of nitrogens with zero attached hydrogens (tertiary/aromatic N) is 6. The van der Waals surface area contributed by atoms with Gasteiger partial charge in [0.15, 0.2) is 0 Å². The molecule has 10 nitrogen and oxygen atoms in total. The molecule has 0 N–H and O–H groups in total. The number of fused-ring (bicyclic) bond motifs is 8. The van der Waals surface area contributed by atoms with Crippen LogP contribution in [0.1, 0.15) is 85.1 Å². The number of benzene rings is 1. The maximum atomic E-state index is 9.38. The highest BCUT2D eigenvalue weighted by atomic mass is 32.1. The molecule has 14 heteroatoms. The lowest BCUT2D eigenvalue weighted by Crippen LogP contribution is -2.40. The molecule has 0 atom stereocenters. The predicted molar refractivity (Wildman–Crippen MR) is 218 cm³/mol. The highest BCUT2D eigenvalue weighted by Crippen LogP contribution is 2.61. The van der Waals surface area contributed by atoms with Gasteiger partial charge in [0.2, 0.25) is 11.8 Å². The lowest BCUT2D eigenvalue weighted by Gasteiger charge is -2.45. The number of hydrogen-bond donors (Lipinski definition) is 0. The Hall–Kier alpha value is -5.48. The van der Waals surface area contributed by atoms with Crippen LogP contribution in [-0.2, 0) is 11.2 Å². The lowest BCUT2D eigenvalue weighted by atomic mass is 9.71. The van der Waals surface area contributed by atoms with Crippen LogP contribution >= 0.6 is 45.3 Å². The molecule has 2 aliphatic heterocycles. The van der Waals surface area contributed by atoms with Gasteiger partial charge in [0, 0.05) is 32.0 Å². The second-order valence-corrected chi connectivity index (χ2v) is 18.4. The van der Waals surface area contributed by atoms with Gasteiger partial charge in [0.05, 0.1) is 24.0 Å². The second kappa shape index (κ2) is 14.2. The average molecular weight is 813 g/mol. The molecule has 2 aliphatic carbocycles. The van der Waals surface area contributed by atoms with E-state index in [1.807, 2.05) is 36.4 Å². The molecule has 2 spiro atoms. The Morgan fingerprint density at radius 2 is 0.982 bits per heavy atom. The Balaban J connectivity index is 1.22. The van der Waals surface area contributed by atoms with E-state index in [1.165, 1.54) is 33.8 Å². The molecule has 2 fully saturated rings. The highest BCUT2D eigenvalue weighted by molar-refractivity contribution is 7.25. The van der Waals surface area contributed by atoms with E-state index in [0.29, 0.717) is 23.3 Å². The first-order valence-electron chi connectivity index (χ1n) is 18.3. The number of rotatable bonds is 6. The maximum Gasteiger partial charge on any atom is 0.234 e. The largest absolute Gasteiger partial charge is 0.495 e. The van der Waals surface area contributed by atoms with Crippen LogP contribution in [-0.4, -0.2) is 24.2 Å². The van der Waals surface area contributed by atoms with Crippen LogP contribution in [0.3, 0.4) is 0 Å². The van der Waals surface area contributed by atoms with Gasteiger partial charge in [-0.1, -0.05) is 12.8 Å². The van der Waals surface area contributed by atoms with E-state index in [1.54, 1.807) is 49.0 Å². The minimum absolute atomic E-state index is 0.0245. The predicted octanol–water partition coefficient (Wildman–Crippen LogP) is 11.4. The SMILES string of the molecule is COc1cc(C=C(C#N)C#N)sc1-c1nc2c(s1)-c1cc3c(cc1C1(CCCCC1)O2)-c1sc(-c2sc(C=C(C#N)C#N)cc2OC)nc1OC31CCCCC1. The van der Waals surface area contributed by atoms with Crippen molar-refractivity contribution < 1.29 is 18.9 Å². The van der Waals surface area contributed by atoms with E-state index >= 15 is 0 Å². The fourth-order valence-electron chi connectivity index (χ4n) is 8.48. The van der Waals surface area contributed by atoms with Crippen LogP contribution in [0, 0.1) is 45.3 Å². The van der Waals surface area contributed by atoms with Crippen LogP contribution in [0.4, 0.5) is 0 Å². The van der Waals surface area contributed by atoms with Gasteiger partial charge in [-0.05, 0) is 87.8 Å². The number of allylic oxidation sites excluding steroid dienone is 2. The van der Waals surface area contributed by atoms with E-state index < -0.39 is 11.2 Å². The van der Waals surface area contributed by atoms with Crippen molar-refractivity contribution in [3.63, 3.8) is 0 Å². The zero-order valence-electron chi connectivity index (χ0n) is 30.5. The molecule has 2 saturated carbocycles. The van der Waals surface area contributed by atoms with Gasteiger partial charge in [0.25, 0.3) is 0 Å². The number of methoxy groups -OCH3 is 2. The van der Waals surface area contributed by atoms with Gasteiger partial charge < -0.3 is 18.9 Å². The van der Waals surface area contributed by atoms with Gasteiger partial charge in [-0.3, -0.25) is 0 Å². The Morgan fingerprint density at radius 3 is 1.34 bits per heavy atom. The molecule has 0 unspecified atom stereocenters. The van der Waals surface area contributed by atoms with Crippen molar-refractivity contribution in [2.75, 3.05) is 14.2 Å². The fraction of sp³-hybridized carbons (Fsp3) is 0.333. The summed E-state index contributed by atoms with van der Waals surface area (Å²) in [5, 5.41) is 39.0. The van der Waals surface area contributed by atoms with Crippen LogP contribution in [0.5, 0.6) is 23.3 Å². The van der Waals surface area contributed by atoms with Crippen molar-refractivity contribution in [1.82, 2.24) is 9.97 Å². The summed E-state index contributed by atoms with van der Waals surface area (Å²) < 4.78 is 25.8. The van der Waals surface area contributed by atoms with Gasteiger partial charge in [0.1, 0.15) is 77.9 Å². The highest BCUT2D eigenvalue weighted by Gasteiger charge is 2.49. The molecule has 9 rings (SSSR count). The van der Waals surface area contributed by atoms with Crippen LogP contribution in [0.25, 0.3) is 52.8 Å². The molecule has 5 aromatic rings. The van der Waals surface area contributed by atoms with Crippen LogP contribution < -0.4 is 18.9 Å². The molecule has 0 radical (unpaired) electrons. The quantitative estimate of drug-likeness (QED) is 0.151. The first kappa shape index (κ1) is 36.2. The molecule has 6 heterocycles. The summed E-state index contributed by atoms with van der Waals surface area (Å²) in [6, 6.07) is 16.2. The molecule has 56 heavy (non-hydrogen) atoms. The summed E-state index contributed by atoms with van der Waals surface area (Å²) in [4.78, 5) is 15.3. The summed E-state index contributed by atoms with van der Waals surface area (Å²) >= 11 is 6.02. The summed E-state index contributed by atoms with van der Waals surface area (Å²) in [5.74, 6) is 2.51. The topological polar surface area (TPSA) is 158 Å². The molecule has 4 aromatic heterocycles. The van der Waals surface area contributed by atoms with Crippen molar-refractivity contribution in [3.8, 4) is 88.2 Å². The standard InChI is InChI=1S/C42H32N6O4S4/c1-49-31-15-25(13-23(19-43)20-44)53-35(31)39-47-37-33(55-39)27-17-30-28(18-29(27)41(51-37)9-5-3-6-10-41)34-38(52-42(30)11-7-4-8-12-42)48-40(56-34)36-32(50-2)16-26(54-36)14-24(21-45)22-46/h13-18H,3-12H2,1-2H3. The summed E-state index contributed by atoms with van der Waals surface area (Å²) in [5.41, 5.74) is 3.58. The van der Waals surface area contributed by atoms with Crippen molar-refractivity contribution >= 4 is 57.5 Å². The molecule has 0 bridgehead atoms. The monoisotopic (exact) mass is 812 g/mol.